The minimum atomic E-state index is -0.593. The first kappa shape index (κ1) is 21.2. The number of amides is 2. The predicted molar refractivity (Wildman–Crippen MR) is 122 cm³/mol. The van der Waals surface area contributed by atoms with Gasteiger partial charge in [0.05, 0.1) is 23.8 Å². The molecule has 0 aliphatic rings. The average molecular weight is 449 g/mol. The Morgan fingerprint density at radius 3 is 2.66 bits per heavy atom. The van der Waals surface area contributed by atoms with Gasteiger partial charge in [-0.2, -0.15) is 4.98 Å². The number of carbonyl (C=O) groups excluding carboxylic acids is 2. The second-order valence-corrected chi connectivity index (χ2v) is 7.74. The van der Waals surface area contributed by atoms with Gasteiger partial charge in [0, 0.05) is 48.2 Å². The van der Waals surface area contributed by atoms with E-state index >= 15 is 0 Å². The van der Waals surface area contributed by atoms with Crippen LogP contribution < -0.4 is 15.0 Å². The third kappa shape index (κ3) is 4.21. The molecular weight excluding hydrogens is 430 g/mol. The van der Waals surface area contributed by atoms with Gasteiger partial charge in [0.1, 0.15) is 11.6 Å². The second kappa shape index (κ2) is 8.98. The molecule has 0 aliphatic carbocycles. The largest absolute Gasteiger partial charge is 0.481 e. The van der Waals surface area contributed by atoms with Crippen molar-refractivity contribution >= 4 is 45.1 Å². The highest BCUT2D eigenvalue weighted by atomic mass is 32.1. The van der Waals surface area contributed by atoms with E-state index in [0.29, 0.717) is 22.4 Å². The zero-order chi connectivity index (χ0) is 22.7. The molecule has 10 heteroatoms. The highest BCUT2D eigenvalue weighted by molar-refractivity contribution is 7.21. The molecule has 0 bridgehead atoms. The normalized spacial score (nSPS) is 10.6. The van der Waals surface area contributed by atoms with Crippen LogP contribution in [0.15, 0.2) is 55.0 Å². The van der Waals surface area contributed by atoms with Gasteiger partial charge in [-0.15, -0.1) is 11.3 Å². The number of methoxy groups -OCH3 is 2. The summed E-state index contributed by atoms with van der Waals surface area (Å²) in [6.45, 7) is 0. The third-order valence-electron chi connectivity index (χ3n) is 4.71. The fourth-order valence-electron chi connectivity index (χ4n) is 3.05. The van der Waals surface area contributed by atoms with Crippen LogP contribution in [0.4, 0.5) is 16.4 Å². The summed E-state index contributed by atoms with van der Waals surface area (Å²) in [4.78, 5) is 39.4. The molecule has 0 saturated carbocycles. The van der Waals surface area contributed by atoms with Crippen molar-refractivity contribution in [1.82, 2.24) is 15.0 Å². The molecule has 0 aromatic carbocycles. The summed E-state index contributed by atoms with van der Waals surface area (Å²) in [6.07, 6.45) is 4.49. The van der Waals surface area contributed by atoms with E-state index in [1.165, 1.54) is 30.5 Å². The summed E-state index contributed by atoms with van der Waals surface area (Å²) < 4.78 is 10.6. The van der Waals surface area contributed by atoms with Crippen molar-refractivity contribution in [2.24, 2.45) is 0 Å². The molecule has 2 amide bonds. The van der Waals surface area contributed by atoms with E-state index < -0.39 is 6.09 Å². The lowest BCUT2D eigenvalue weighted by Crippen LogP contribution is -2.26. The topological polar surface area (TPSA) is 107 Å². The van der Waals surface area contributed by atoms with Crippen LogP contribution in [0.1, 0.15) is 9.67 Å². The van der Waals surface area contributed by atoms with Crippen LogP contribution in [0, 0.1) is 0 Å². The van der Waals surface area contributed by atoms with E-state index in [2.05, 4.69) is 25.0 Å². The Balaban J connectivity index is 1.64. The molecular formula is C22H19N5O4S. The van der Waals surface area contributed by atoms with Crippen LogP contribution in [0.5, 0.6) is 5.88 Å². The molecule has 162 valence electrons. The van der Waals surface area contributed by atoms with Gasteiger partial charge in [0.15, 0.2) is 0 Å². The van der Waals surface area contributed by atoms with Crippen molar-refractivity contribution < 1.29 is 19.1 Å². The average Bonchev–Trinajstić information content (AvgIpc) is 3.28. The quantitative estimate of drug-likeness (QED) is 0.486. The van der Waals surface area contributed by atoms with Crippen molar-refractivity contribution in [3.63, 3.8) is 0 Å². The Kier molecular flexibility index (Phi) is 5.95. The number of pyridine rings is 3. The number of rotatable bonds is 5. The summed E-state index contributed by atoms with van der Waals surface area (Å²) in [7, 11) is 4.49. The number of hydrogen-bond donors (Lipinski definition) is 1. The van der Waals surface area contributed by atoms with Crippen LogP contribution in [-0.4, -0.2) is 48.2 Å². The van der Waals surface area contributed by atoms with Crippen molar-refractivity contribution in [3.8, 4) is 17.0 Å². The molecule has 0 unspecified atom stereocenters. The summed E-state index contributed by atoms with van der Waals surface area (Å²) >= 11 is 1.36. The maximum atomic E-state index is 13.1. The number of carbonyl (C=O) groups is 2. The zero-order valence-electron chi connectivity index (χ0n) is 17.5. The first-order chi connectivity index (χ1) is 15.5. The number of aromatic nitrogens is 3. The lowest BCUT2D eigenvalue weighted by molar-refractivity contribution is 0.0996. The van der Waals surface area contributed by atoms with E-state index in [1.54, 1.807) is 49.9 Å². The monoisotopic (exact) mass is 449 g/mol. The van der Waals surface area contributed by atoms with Gasteiger partial charge in [-0.1, -0.05) is 6.07 Å². The molecule has 4 heterocycles. The van der Waals surface area contributed by atoms with E-state index in [0.717, 1.165) is 21.2 Å². The SMILES string of the molecule is COC(=O)Nc1ccc(-c2cncc3sc(C(=O)N(C)c4cccc(OC)n4)cc23)cn1. The molecule has 32 heavy (non-hydrogen) atoms. The fraction of sp³-hybridized carbons (Fsp3) is 0.136. The maximum Gasteiger partial charge on any atom is 0.412 e. The van der Waals surface area contributed by atoms with Gasteiger partial charge < -0.3 is 9.47 Å². The Morgan fingerprint density at radius 2 is 1.94 bits per heavy atom. The van der Waals surface area contributed by atoms with Crippen molar-refractivity contribution in [2.75, 3.05) is 31.5 Å². The van der Waals surface area contributed by atoms with Gasteiger partial charge in [-0.05, 0) is 24.3 Å². The first-order valence-electron chi connectivity index (χ1n) is 9.48. The van der Waals surface area contributed by atoms with E-state index in [4.69, 9.17) is 4.74 Å². The molecule has 0 saturated heterocycles. The summed E-state index contributed by atoms with van der Waals surface area (Å²) in [5, 5.41) is 3.40. The number of nitrogens with zero attached hydrogens (tertiary/aromatic N) is 4. The number of ether oxygens (including phenoxy) is 2. The lowest BCUT2D eigenvalue weighted by atomic mass is 10.1. The zero-order valence-corrected chi connectivity index (χ0v) is 18.3. The second-order valence-electron chi connectivity index (χ2n) is 6.66. The van der Waals surface area contributed by atoms with Crippen LogP contribution in [0.2, 0.25) is 0 Å². The third-order valence-corrected chi connectivity index (χ3v) is 5.77. The van der Waals surface area contributed by atoms with Crippen LogP contribution in [-0.2, 0) is 4.74 Å². The Labute approximate surface area is 187 Å². The molecule has 4 aromatic heterocycles. The maximum absolute atomic E-state index is 13.1. The summed E-state index contributed by atoms with van der Waals surface area (Å²) in [5.41, 5.74) is 1.63. The predicted octanol–water partition coefficient (Wildman–Crippen LogP) is 4.22. The molecule has 0 radical (unpaired) electrons. The van der Waals surface area contributed by atoms with Gasteiger partial charge in [-0.3, -0.25) is 20.0 Å². The minimum Gasteiger partial charge on any atom is -0.481 e. The molecule has 0 aliphatic heterocycles. The van der Waals surface area contributed by atoms with Gasteiger partial charge >= 0.3 is 6.09 Å². The van der Waals surface area contributed by atoms with E-state index in [9.17, 15) is 9.59 Å². The highest BCUT2D eigenvalue weighted by Crippen LogP contribution is 2.34. The van der Waals surface area contributed by atoms with E-state index in [1.807, 2.05) is 12.1 Å². The molecule has 9 nitrogen and oxygen atoms in total. The van der Waals surface area contributed by atoms with Gasteiger partial charge in [0.25, 0.3) is 5.91 Å². The number of hydrogen-bond acceptors (Lipinski definition) is 8. The van der Waals surface area contributed by atoms with Crippen molar-refractivity contribution in [1.29, 1.82) is 0 Å². The van der Waals surface area contributed by atoms with Gasteiger partial charge in [0.2, 0.25) is 5.88 Å². The molecule has 0 spiro atoms. The molecule has 1 N–H and O–H groups in total. The molecule has 0 fully saturated rings. The Bertz CT molecular complexity index is 1290. The Morgan fingerprint density at radius 1 is 1.09 bits per heavy atom. The van der Waals surface area contributed by atoms with Crippen molar-refractivity contribution in [2.45, 2.75) is 0 Å². The molecule has 4 aromatic rings. The number of fused-ring (bicyclic) bond motifs is 1. The Hall–Kier alpha value is -4.05. The molecule has 0 atom stereocenters. The summed E-state index contributed by atoms with van der Waals surface area (Å²) in [6, 6.07) is 10.6. The van der Waals surface area contributed by atoms with Crippen LogP contribution in [0.3, 0.4) is 0 Å². The molecule has 4 rings (SSSR count). The minimum absolute atomic E-state index is 0.186. The van der Waals surface area contributed by atoms with Crippen LogP contribution >= 0.6 is 11.3 Å². The number of nitrogens with one attached hydrogen (secondary N) is 1. The number of anilines is 2. The smallest absolute Gasteiger partial charge is 0.412 e. The van der Waals surface area contributed by atoms with E-state index in [-0.39, 0.29) is 5.91 Å². The lowest BCUT2D eigenvalue weighted by Gasteiger charge is -2.15. The van der Waals surface area contributed by atoms with Crippen molar-refractivity contribution in [3.05, 3.63) is 59.9 Å². The first-order valence-corrected chi connectivity index (χ1v) is 10.3. The van der Waals surface area contributed by atoms with Crippen LogP contribution in [0.25, 0.3) is 21.2 Å². The summed E-state index contributed by atoms with van der Waals surface area (Å²) in [5.74, 6) is 1.11. The standard InChI is InChI=1S/C22H19N5O4S/c1-27(19-5-4-6-20(26-19)30-2)21(28)16-9-14-15(11-23-12-17(14)32-16)13-7-8-18(24-10-13)25-22(29)31-3/h4-12H,1-3H3,(H,24,25,29). The number of thiophene rings is 1. The fourth-order valence-corrected chi connectivity index (χ4v) is 4.08. The highest BCUT2D eigenvalue weighted by Gasteiger charge is 2.19. The van der Waals surface area contributed by atoms with Gasteiger partial charge in [-0.25, -0.2) is 9.78 Å².